The summed E-state index contributed by atoms with van der Waals surface area (Å²) in [5.41, 5.74) is 0.622. The van der Waals surface area contributed by atoms with Crippen molar-refractivity contribution in [1.82, 2.24) is 0 Å². The first-order valence-corrected chi connectivity index (χ1v) is 5.07. The van der Waals surface area contributed by atoms with Crippen LogP contribution in [0.1, 0.15) is 5.56 Å². The van der Waals surface area contributed by atoms with E-state index in [0.29, 0.717) is 16.3 Å². The fraction of sp³-hybridized carbons (Fsp3) is 0.364. The summed E-state index contributed by atoms with van der Waals surface area (Å²) in [7, 11) is 0. The van der Waals surface area contributed by atoms with E-state index >= 15 is 0 Å². The zero-order valence-electron chi connectivity index (χ0n) is 8.88. The minimum absolute atomic E-state index is 0.291. The quantitative estimate of drug-likeness (QED) is 0.832. The van der Waals surface area contributed by atoms with Gasteiger partial charge in [-0.2, -0.15) is 18.4 Å². The lowest BCUT2D eigenvalue weighted by molar-refractivity contribution is -0.165. The minimum atomic E-state index is -4.57. The Hall–Kier alpha value is -1.41. The van der Waals surface area contributed by atoms with E-state index in [2.05, 4.69) is 0 Å². The molecular formula is C11H9ClF3NO. The van der Waals surface area contributed by atoms with Crippen molar-refractivity contribution in [2.24, 2.45) is 5.92 Å². The molecule has 17 heavy (non-hydrogen) atoms. The number of hydrogen-bond acceptors (Lipinski definition) is 2. The molecule has 0 bridgehead atoms. The van der Waals surface area contributed by atoms with E-state index in [1.807, 2.05) is 0 Å². The van der Waals surface area contributed by atoms with Gasteiger partial charge in [-0.1, -0.05) is 11.6 Å². The molecule has 0 amide bonds. The van der Waals surface area contributed by atoms with Crippen LogP contribution in [0.2, 0.25) is 5.02 Å². The molecule has 0 radical (unpaired) electrons. The Morgan fingerprint density at radius 2 is 2.12 bits per heavy atom. The first-order valence-electron chi connectivity index (χ1n) is 4.70. The predicted octanol–water partition coefficient (Wildman–Crippen LogP) is 3.73. The maximum absolute atomic E-state index is 12.3. The van der Waals surface area contributed by atoms with Gasteiger partial charge in [0.15, 0.2) is 5.92 Å². The van der Waals surface area contributed by atoms with E-state index < -0.39 is 18.7 Å². The summed E-state index contributed by atoms with van der Waals surface area (Å²) < 4.78 is 41.8. The number of nitrogens with zero attached hydrogens (tertiary/aromatic N) is 1. The van der Waals surface area contributed by atoms with Gasteiger partial charge >= 0.3 is 6.18 Å². The van der Waals surface area contributed by atoms with Gasteiger partial charge in [0, 0.05) is 5.02 Å². The summed E-state index contributed by atoms with van der Waals surface area (Å²) in [6.45, 7) is 0.943. The van der Waals surface area contributed by atoms with Gasteiger partial charge in [-0.3, -0.25) is 0 Å². The first-order chi connectivity index (χ1) is 7.84. The molecule has 2 nitrogen and oxygen atoms in total. The highest BCUT2D eigenvalue weighted by molar-refractivity contribution is 6.30. The maximum Gasteiger partial charge on any atom is 0.407 e. The molecule has 0 aromatic heterocycles. The zero-order valence-corrected chi connectivity index (χ0v) is 9.64. The van der Waals surface area contributed by atoms with Crippen LogP contribution in [-0.2, 0) is 0 Å². The van der Waals surface area contributed by atoms with Gasteiger partial charge in [0.1, 0.15) is 12.4 Å². The molecule has 6 heteroatoms. The first kappa shape index (κ1) is 13.7. The van der Waals surface area contributed by atoms with Crippen molar-refractivity contribution in [1.29, 1.82) is 5.26 Å². The van der Waals surface area contributed by atoms with Crippen molar-refractivity contribution in [3.8, 4) is 11.8 Å². The summed E-state index contributed by atoms with van der Waals surface area (Å²) in [4.78, 5) is 0. The van der Waals surface area contributed by atoms with Gasteiger partial charge in [0.05, 0.1) is 6.07 Å². The molecule has 1 atom stereocenters. The van der Waals surface area contributed by atoms with E-state index in [9.17, 15) is 13.2 Å². The molecule has 0 saturated carbocycles. The molecule has 0 heterocycles. The minimum Gasteiger partial charge on any atom is -0.492 e. The fourth-order valence-corrected chi connectivity index (χ4v) is 1.38. The molecule has 1 unspecified atom stereocenters. The molecule has 0 fully saturated rings. The van der Waals surface area contributed by atoms with E-state index in [1.54, 1.807) is 13.0 Å². The maximum atomic E-state index is 12.3. The molecule has 0 aliphatic rings. The third-order valence-corrected chi connectivity index (χ3v) is 2.33. The van der Waals surface area contributed by atoms with E-state index in [0.717, 1.165) is 0 Å². The van der Waals surface area contributed by atoms with Crippen LogP contribution in [0.25, 0.3) is 0 Å². The SMILES string of the molecule is Cc1cc(Cl)ccc1OCC(C#N)C(F)(F)F. The molecule has 1 aromatic carbocycles. The van der Waals surface area contributed by atoms with Crippen LogP contribution in [0.3, 0.4) is 0 Å². The van der Waals surface area contributed by atoms with E-state index in [-0.39, 0.29) is 0 Å². The summed E-state index contributed by atoms with van der Waals surface area (Å²) >= 11 is 5.69. The Kier molecular flexibility index (Phi) is 4.24. The monoisotopic (exact) mass is 263 g/mol. The second-order valence-corrected chi connectivity index (χ2v) is 3.88. The topological polar surface area (TPSA) is 33.0 Å². The van der Waals surface area contributed by atoms with Crippen LogP contribution in [0.15, 0.2) is 18.2 Å². The highest BCUT2D eigenvalue weighted by Gasteiger charge is 2.40. The van der Waals surface area contributed by atoms with Gasteiger partial charge in [0.25, 0.3) is 0 Å². The van der Waals surface area contributed by atoms with Gasteiger partial charge in [-0.15, -0.1) is 0 Å². The highest BCUT2D eigenvalue weighted by atomic mass is 35.5. The van der Waals surface area contributed by atoms with Gasteiger partial charge < -0.3 is 4.74 Å². The van der Waals surface area contributed by atoms with E-state index in [4.69, 9.17) is 21.6 Å². The number of rotatable bonds is 3. The zero-order chi connectivity index (χ0) is 13.1. The smallest absolute Gasteiger partial charge is 0.407 e. The molecule has 0 aliphatic heterocycles. The van der Waals surface area contributed by atoms with Crippen molar-refractivity contribution < 1.29 is 17.9 Å². The third-order valence-electron chi connectivity index (χ3n) is 2.09. The number of nitriles is 1. The van der Waals surface area contributed by atoms with Gasteiger partial charge in [-0.25, -0.2) is 0 Å². The van der Waals surface area contributed by atoms with E-state index in [1.165, 1.54) is 18.2 Å². The molecule has 1 rings (SSSR count). The van der Waals surface area contributed by atoms with Crippen LogP contribution < -0.4 is 4.74 Å². The number of aryl methyl sites for hydroxylation is 1. The Balaban J connectivity index is 2.71. The van der Waals surface area contributed by atoms with Crippen LogP contribution in [0, 0.1) is 24.2 Å². The number of benzene rings is 1. The van der Waals surface area contributed by atoms with Crippen molar-refractivity contribution in [3.05, 3.63) is 28.8 Å². The summed E-state index contributed by atoms with van der Waals surface area (Å²) in [6, 6.07) is 5.73. The lowest BCUT2D eigenvalue weighted by Crippen LogP contribution is -2.27. The number of ether oxygens (including phenoxy) is 1. The molecule has 0 N–H and O–H groups in total. The second kappa shape index (κ2) is 5.28. The molecule has 0 saturated heterocycles. The van der Waals surface area contributed by atoms with Crippen molar-refractivity contribution >= 4 is 11.6 Å². The van der Waals surface area contributed by atoms with Crippen molar-refractivity contribution in [2.45, 2.75) is 13.1 Å². The van der Waals surface area contributed by atoms with Crippen LogP contribution in [0.5, 0.6) is 5.75 Å². The van der Waals surface area contributed by atoms with Crippen LogP contribution in [0.4, 0.5) is 13.2 Å². The number of alkyl halides is 3. The molecule has 0 aliphatic carbocycles. The normalized spacial score (nSPS) is 12.9. The molecule has 0 spiro atoms. The number of hydrogen-bond donors (Lipinski definition) is 0. The lowest BCUT2D eigenvalue weighted by atomic mass is 10.2. The Bertz CT molecular complexity index is 439. The van der Waals surface area contributed by atoms with Crippen molar-refractivity contribution in [3.63, 3.8) is 0 Å². The second-order valence-electron chi connectivity index (χ2n) is 3.44. The van der Waals surface area contributed by atoms with Gasteiger partial charge in [-0.05, 0) is 30.7 Å². The Morgan fingerprint density at radius 3 is 2.59 bits per heavy atom. The average Bonchev–Trinajstić information content (AvgIpc) is 2.19. The van der Waals surface area contributed by atoms with Gasteiger partial charge in [0.2, 0.25) is 0 Å². The third kappa shape index (κ3) is 3.82. The summed E-state index contributed by atoms with van der Waals surface area (Å²) in [5.74, 6) is -1.84. The lowest BCUT2D eigenvalue weighted by Gasteiger charge is -2.15. The standard InChI is InChI=1S/C11H9ClF3NO/c1-7-4-9(12)2-3-10(7)17-6-8(5-16)11(13,14)15/h2-4,8H,6H2,1H3. The Morgan fingerprint density at radius 1 is 1.47 bits per heavy atom. The molecule has 92 valence electrons. The fourth-order valence-electron chi connectivity index (χ4n) is 1.15. The highest BCUT2D eigenvalue weighted by Crippen LogP contribution is 2.28. The average molecular weight is 264 g/mol. The summed E-state index contributed by atoms with van der Waals surface area (Å²) in [6.07, 6.45) is -4.57. The van der Waals surface area contributed by atoms with Crippen LogP contribution in [-0.4, -0.2) is 12.8 Å². The largest absolute Gasteiger partial charge is 0.492 e. The number of halogens is 4. The van der Waals surface area contributed by atoms with Crippen molar-refractivity contribution in [2.75, 3.05) is 6.61 Å². The summed E-state index contributed by atoms with van der Waals surface area (Å²) in [5, 5.41) is 8.86. The Labute approximate surface area is 102 Å². The molecule has 1 aromatic rings. The predicted molar refractivity (Wildman–Crippen MR) is 56.8 cm³/mol. The molecular weight excluding hydrogens is 255 g/mol. The van der Waals surface area contributed by atoms with Crippen LogP contribution >= 0.6 is 11.6 Å².